The minimum Gasteiger partial charge on any atom is -0.361 e. The predicted octanol–water partition coefficient (Wildman–Crippen LogP) is 4.25. The maximum atomic E-state index is 13.6. The highest BCUT2D eigenvalue weighted by Gasteiger charge is 2.26. The lowest BCUT2D eigenvalue weighted by molar-refractivity contribution is 0.0618. The number of hydrogen-bond acceptors (Lipinski definition) is 4. The molecule has 1 aliphatic rings. The van der Waals surface area contributed by atoms with Crippen LogP contribution in [0.25, 0.3) is 10.9 Å². The summed E-state index contributed by atoms with van der Waals surface area (Å²) in [6, 6.07) is 20.6. The molecule has 0 N–H and O–H groups in total. The van der Waals surface area contributed by atoms with Gasteiger partial charge in [0.05, 0.1) is 5.69 Å². The molecule has 0 spiro atoms. The Morgan fingerprint density at radius 3 is 2.38 bits per heavy atom. The molecule has 2 aromatic carbocycles. The zero-order valence-electron chi connectivity index (χ0n) is 18.6. The molecule has 2 aromatic heterocycles. The number of benzene rings is 2. The van der Waals surface area contributed by atoms with Crippen LogP contribution in [0.15, 0.2) is 65.2 Å². The number of carbonyl (C=O) groups is 1. The van der Waals surface area contributed by atoms with Crippen LogP contribution in [0.2, 0.25) is 0 Å². The van der Waals surface area contributed by atoms with Crippen LogP contribution in [0.4, 0.5) is 0 Å². The second-order valence-corrected chi connectivity index (χ2v) is 8.53. The number of carbonyl (C=O) groups excluding carboxylic acids is 1. The summed E-state index contributed by atoms with van der Waals surface area (Å²) in [6.45, 7) is 8.56. The van der Waals surface area contributed by atoms with E-state index in [2.05, 4.69) is 38.9 Å². The first-order valence-corrected chi connectivity index (χ1v) is 11.2. The second kappa shape index (κ2) is 8.63. The standard InChI is InChI=1S/C26H28N4O2/c1-19-23(20(2)32-27-19)18-28-12-14-29(15-13-28)26(31)25-16-22-10-6-7-11-24(22)30(25)17-21-8-4-3-5-9-21/h3-11,16H,12-15,17-18H2,1-2H3. The van der Waals surface area contributed by atoms with Gasteiger partial charge in [-0.15, -0.1) is 0 Å². The Hall–Kier alpha value is -3.38. The summed E-state index contributed by atoms with van der Waals surface area (Å²) in [7, 11) is 0. The first-order valence-electron chi connectivity index (χ1n) is 11.2. The minimum atomic E-state index is 0.106. The number of hydrogen-bond donors (Lipinski definition) is 0. The van der Waals surface area contributed by atoms with E-state index in [1.807, 2.05) is 55.1 Å². The van der Waals surface area contributed by atoms with E-state index < -0.39 is 0 Å². The Bertz CT molecular complexity index is 1210. The van der Waals surface area contributed by atoms with Gasteiger partial charge in [0.25, 0.3) is 5.91 Å². The van der Waals surface area contributed by atoms with Crippen LogP contribution in [0.5, 0.6) is 0 Å². The lowest BCUT2D eigenvalue weighted by atomic mass is 10.1. The molecule has 32 heavy (non-hydrogen) atoms. The quantitative estimate of drug-likeness (QED) is 0.477. The largest absolute Gasteiger partial charge is 0.361 e. The number of fused-ring (bicyclic) bond motifs is 1. The van der Waals surface area contributed by atoms with E-state index in [9.17, 15) is 4.79 Å². The van der Waals surface area contributed by atoms with E-state index in [1.165, 1.54) is 5.56 Å². The van der Waals surface area contributed by atoms with Crippen molar-refractivity contribution < 1.29 is 9.32 Å². The molecule has 6 heteroatoms. The van der Waals surface area contributed by atoms with E-state index in [4.69, 9.17) is 4.52 Å². The Kier molecular flexibility index (Phi) is 5.53. The molecular weight excluding hydrogens is 400 g/mol. The van der Waals surface area contributed by atoms with Crippen molar-refractivity contribution >= 4 is 16.8 Å². The van der Waals surface area contributed by atoms with E-state index in [1.54, 1.807) is 0 Å². The predicted molar refractivity (Wildman–Crippen MR) is 125 cm³/mol. The fourth-order valence-corrected chi connectivity index (χ4v) is 4.55. The van der Waals surface area contributed by atoms with Crippen LogP contribution < -0.4 is 0 Å². The Labute approximate surface area is 188 Å². The molecule has 1 amide bonds. The lowest BCUT2D eigenvalue weighted by Gasteiger charge is -2.34. The van der Waals surface area contributed by atoms with Crippen molar-refractivity contribution in [2.24, 2.45) is 0 Å². The molecule has 5 rings (SSSR count). The van der Waals surface area contributed by atoms with E-state index in [-0.39, 0.29) is 5.91 Å². The average molecular weight is 429 g/mol. The molecular formula is C26H28N4O2. The van der Waals surface area contributed by atoms with Crippen molar-refractivity contribution in [3.8, 4) is 0 Å². The molecule has 0 unspecified atom stereocenters. The van der Waals surface area contributed by atoms with Crippen molar-refractivity contribution in [1.82, 2.24) is 19.5 Å². The van der Waals surface area contributed by atoms with Crippen LogP contribution in [-0.4, -0.2) is 51.6 Å². The second-order valence-electron chi connectivity index (χ2n) is 8.53. The molecule has 6 nitrogen and oxygen atoms in total. The van der Waals surface area contributed by atoms with Gasteiger partial charge in [0.2, 0.25) is 0 Å². The summed E-state index contributed by atoms with van der Waals surface area (Å²) >= 11 is 0. The zero-order chi connectivity index (χ0) is 22.1. The number of amides is 1. The van der Waals surface area contributed by atoms with Crippen LogP contribution >= 0.6 is 0 Å². The van der Waals surface area contributed by atoms with Crippen LogP contribution in [0.1, 0.15) is 33.1 Å². The smallest absolute Gasteiger partial charge is 0.270 e. The van der Waals surface area contributed by atoms with Gasteiger partial charge in [-0.25, -0.2) is 0 Å². The fraction of sp³-hybridized carbons (Fsp3) is 0.308. The molecule has 164 valence electrons. The normalized spacial score (nSPS) is 14.9. The molecule has 3 heterocycles. The molecule has 4 aromatic rings. The molecule has 0 saturated carbocycles. The van der Waals surface area contributed by atoms with E-state index in [0.29, 0.717) is 6.54 Å². The number of aryl methyl sites for hydroxylation is 2. The highest BCUT2D eigenvalue weighted by Crippen LogP contribution is 2.24. The average Bonchev–Trinajstić information content (AvgIpc) is 3.35. The Morgan fingerprint density at radius 1 is 0.938 bits per heavy atom. The van der Waals surface area contributed by atoms with Crippen LogP contribution in [0.3, 0.4) is 0 Å². The highest BCUT2D eigenvalue weighted by molar-refractivity contribution is 5.99. The molecule has 0 atom stereocenters. The van der Waals surface area contributed by atoms with Crippen molar-refractivity contribution in [2.75, 3.05) is 26.2 Å². The minimum absolute atomic E-state index is 0.106. The number of aromatic nitrogens is 2. The Morgan fingerprint density at radius 2 is 1.66 bits per heavy atom. The van der Waals surface area contributed by atoms with Gasteiger partial charge in [-0.1, -0.05) is 53.7 Å². The summed E-state index contributed by atoms with van der Waals surface area (Å²) in [5.41, 5.74) is 5.15. The topological polar surface area (TPSA) is 54.5 Å². The molecule has 0 aliphatic carbocycles. The van der Waals surface area contributed by atoms with Crippen LogP contribution in [0, 0.1) is 13.8 Å². The van der Waals surface area contributed by atoms with Crippen molar-refractivity contribution in [2.45, 2.75) is 26.9 Å². The van der Waals surface area contributed by atoms with Gasteiger partial charge in [0.1, 0.15) is 11.5 Å². The summed E-state index contributed by atoms with van der Waals surface area (Å²) in [6.07, 6.45) is 0. The molecule has 0 bridgehead atoms. The third-order valence-corrected chi connectivity index (χ3v) is 6.44. The Balaban J connectivity index is 1.34. The summed E-state index contributed by atoms with van der Waals surface area (Å²) in [5, 5.41) is 5.16. The van der Waals surface area contributed by atoms with Gasteiger partial charge >= 0.3 is 0 Å². The number of piperazine rings is 1. The van der Waals surface area contributed by atoms with Gasteiger partial charge in [-0.2, -0.15) is 0 Å². The SMILES string of the molecule is Cc1noc(C)c1CN1CCN(C(=O)c2cc3ccccc3n2Cc2ccccc2)CC1. The summed E-state index contributed by atoms with van der Waals surface area (Å²) in [5.74, 6) is 0.987. The van der Waals surface area contributed by atoms with Gasteiger partial charge in [-0.3, -0.25) is 9.69 Å². The summed E-state index contributed by atoms with van der Waals surface area (Å²) < 4.78 is 7.46. The van der Waals surface area contributed by atoms with Gasteiger partial charge < -0.3 is 14.0 Å². The first-order chi connectivity index (χ1) is 15.6. The molecule has 1 saturated heterocycles. The van der Waals surface area contributed by atoms with Crippen LogP contribution in [-0.2, 0) is 13.1 Å². The van der Waals surface area contributed by atoms with E-state index >= 15 is 0 Å². The monoisotopic (exact) mass is 428 g/mol. The van der Waals surface area contributed by atoms with Gasteiger partial charge in [0.15, 0.2) is 0 Å². The molecule has 0 radical (unpaired) electrons. The third kappa shape index (κ3) is 3.94. The number of nitrogens with zero attached hydrogens (tertiary/aromatic N) is 4. The zero-order valence-corrected chi connectivity index (χ0v) is 18.6. The van der Waals surface area contributed by atoms with E-state index in [0.717, 1.165) is 66.3 Å². The third-order valence-electron chi connectivity index (χ3n) is 6.44. The molecule has 1 fully saturated rings. The highest BCUT2D eigenvalue weighted by atomic mass is 16.5. The lowest BCUT2D eigenvalue weighted by Crippen LogP contribution is -2.48. The maximum absolute atomic E-state index is 13.6. The maximum Gasteiger partial charge on any atom is 0.270 e. The van der Waals surface area contributed by atoms with Crippen molar-refractivity contribution in [3.63, 3.8) is 0 Å². The van der Waals surface area contributed by atoms with Gasteiger partial charge in [-0.05, 0) is 31.5 Å². The molecule has 1 aliphatic heterocycles. The number of para-hydroxylation sites is 1. The van der Waals surface area contributed by atoms with Crippen molar-refractivity contribution in [1.29, 1.82) is 0 Å². The first kappa shape index (κ1) is 20.5. The van der Waals surface area contributed by atoms with Gasteiger partial charge in [0, 0.05) is 55.7 Å². The fourth-order valence-electron chi connectivity index (χ4n) is 4.55. The van der Waals surface area contributed by atoms with Crippen molar-refractivity contribution in [3.05, 3.63) is 88.9 Å². The number of rotatable bonds is 5. The summed E-state index contributed by atoms with van der Waals surface area (Å²) in [4.78, 5) is 17.9.